The number of benzene rings is 1. The molecule has 4 rings (SSSR count). The van der Waals surface area contributed by atoms with Crippen LogP contribution in [0.25, 0.3) is 11.3 Å². The van der Waals surface area contributed by atoms with Crippen molar-refractivity contribution in [3.63, 3.8) is 0 Å². The molecular weight excluding hydrogens is 420 g/mol. The van der Waals surface area contributed by atoms with Crippen LogP contribution in [0.4, 0.5) is 5.88 Å². The van der Waals surface area contributed by atoms with E-state index in [0.717, 1.165) is 53.5 Å². The minimum Gasteiger partial charge on any atom is -0.338 e. The number of likely N-dealkylation sites (N-methyl/N-ethyl adjacent to an activating group) is 1. The summed E-state index contributed by atoms with van der Waals surface area (Å²) in [4.78, 5) is 20.5. The zero-order valence-electron chi connectivity index (χ0n) is 19.2. The molecule has 1 saturated heterocycles. The zero-order chi connectivity index (χ0) is 22.5. The van der Waals surface area contributed by atoms with Crippen molar-refractivity contribution in [2.75, 3.05) is 38.6 Å². The lowest BCUT2D eigenvalue weighted by molar-refractivity contribution is 0.0737. The lowest BCUT2D eigenvalue weighted by atomic mass is 10.0. The number of amides is 1. The summed E-state index contributed by atoms with van der Waals surface area (Å²) in [6, 6.07) is 14.3. The van der Waals surface area contributed by atoms with Crippen LogP contribution in [0, 0.1) is 0 Å². The van der Waals surface area contributed by atoms with E-state index in [-0.39, 0.29) is 5.91 Å². The van der Waals surface area contributed by atoms with Crippen LogP contribution in [0.15, 0.2) is 52.4 Å². The van der Waals surface area contributed by atoms with E-state index >= 15 is 0 Å². The Morgan fingerprint density at radius 3 is 2.66 bits per heavy atom. The highest BCUT2D eigenvalue weighted by Crippen LogP contribution is 2.35. The van der Waals surface area contributed by atoms with E-state index in [1.54, 1.807) is 0 Å². The molecule has 0 saturated carbocycles. The maximum Gasteiger partial charge on any atom is 0.264 e. The molecule has 3 aromatic rings. The van der Waals surface area contributed by atoms with Crippen molar-refractivity contribution in [1.29, 1.82) is 0 Å². The van der Waals surface area contributed by atoms with Gasteiger partial charge in [-0.2, -0.15) is 0 Å². The van der Waals surface area contributed by atoms with Crippen LogP contribution in [0.5, 0.6) is 0 Å². The number of hydrogen-bond donors (Lipinski definition) is 0. The molecule has 0 radical (unpaired) electrons. The molecule has 32 heavy (non-hydrogen) atoms. The number of anilines is 1. The fourth-order valence-electron chi connectivity index (χ4n) is 4.21. The molecule has 0 N–H and O–H groups in total. The van der Waals surface area contributed by atoms with Crippen molar-refractivity contribution in [1.82, 2.24) is 15.0 Å². The number of rotatable bonds is 8. The van der Waals surface area contributed by atoms with E-state index in [0.29, 0.717) is 19.1 Å². The van der Waals surface area contributed by atoms with E-state index in [4.69, 9.17) is 4.52 Å². The van der Waals surface area contributed by atoms with Gasteiger partial charge in [0.1, 0.15) is 5.69 Å². The van der Waals surface area contributed by atoms with Gasteiger partial charge in [-0.25, -0.2) is 0 Å². The van der Waals surface area contributed by atoms with E-state index < -0.39 is 0 Å². The largest absolute Gasteiger partial charge is 0.338 e. The molecule has 1 amide bonds. The second-order valence-electron chi connectivity index (χ2n) is 8.73. The molecule has 1 aromatic carbocycles. The summed E-state index contributed by atoms with van der Waals surface area (Å²) >= 11 is 1.49. The molecule has 6 nitrogen and oxygen atoms in total. The van der Waals surface area contributed by atoms with E-state index in [2.05, 4.69) is 34.0 Å². The molecule has 1 atom stereocenters. The summed E-state index contributed by atoms with van der Waals surface area (Å²) in [5.41, 5.74) is 2.83. The molecule has 170 valence electrons. The second kappa shape index (κ2) is 10.3. The predicted octanol–water partition coefficient (Wildman–Crippen LogP) is 4.99. The first-order chi connectivity index (χ1) is 15.5. The third-order valence-corrected chi connectivity index (χ3v) is 6.92. The first-order valence-electron chi connectivity index (χ1n) is 11.3. The number of carbonyl (C=O) groups excluding carboxylic acids is 1. The quantitative estimate of drug-likeness (QED) is 0.482. The lowest BCUT2D eigenvalue weighted by Gasteiger charge is -2.34. The van der Waals surface area contributed by atoms with Crippen LogP contribution in [-0.4, -0.2) is 60.6 Å². The molecule has 0 bridgehead atoms. The number of piperidine rings is 1. The fourth-order valence-corrected chi connectivity index (χ4v) is 4.90. The summed E-state index contributed by atoms with van der Waals surface area (Å²) in [5, 5.41) is 6.46. The summed E-state index contributed by atoms with van der Waals surface area (Å²) in [7, 11) is 4.06. The van der Waals surface area contributed by atoms with E-state index in [1.165, 1.54) is 17.8 Å². The summed E-state index contributed by atoms with van der Waals surface area (Å²) in [6.07, 6.45) is 3.52. The Labute approximate surface area is 194 Å². The highest BCUT2D eigenvalue weighted by atomic mass is 32.1. The number of carbonyl (C=O) groups is 1. The monoisotopic (exact) mass is 452 g/mol. The van der Waals surface area contributed by atoms with Gasteiger partial charge < -0.3 is 19.2 Å². The van der Waals surface area contributed by atoms with Crippen molar-refractivity contribution >= 4 is 23.1 Å². The van der Waals surface area contributed by atoms with Crippen LogP contribution in [0.1, 0.15) is 41.4 Å². The molecule has 1 unspecified atom stereocenters. The van der Waals surface area contributed by atoms with Gasteiger partial charge in [0.05, 0.1) is 17.0 Å². The van der Waals surface area contributed by atoms with Gasteiger partial charge in [0.15, 0.2) is 0 Å². The zero-order valence-corrected chi connectivity index (χ0v) is 20.0. The molecule has 0 aliphatic carbocycles. The SMILES string of the molecule is CC1CCCCN1c1onc(-c2ccccc2)c1CN(CCN(C)C)C(=O)c1cccs1. The number of hydrogen-bond acceptors (Lipinski definition) is 6. The Morgan fingerprint density at radius 2 is 1.97 bits per heavy atom. The third-order valence-electron chi connectivity index (χ3n) is 6.06. The van der Waals surface area contributed by atoms with E-state index in [1.807, 2.05) is 54.7 Å². The Kier molecular flexibility index (Phi) is 7.27. The summed E-state index contributed by atoms with van der Waals surface area (Å²) < 4.78 is 5.99. The average molecular weight is 453 g/mol. The van der Waals surface area contributed by atoms with Crippen LogP contribution < -0.4 is 4.90 Å². The predicted molar refractivity (Wildman–Crippen MR) is 130 cm³/mol. The fraction of sp³-hybridized carbons (Fsp3) is 0.440. The normalized spacial score (nSPS) is 16.5. The van der Waals surface area contributed by atoms with Crippen LogP contribution in [0.3, 0.4) is 0 Å². The number of nitrogens with zero attached hydrogens (tertiary/aromatic N) is 4. The molecule has 2 aromatic heterocycles. The molecule has 7 heteroatoms. The van der Waals surface area contributed by atoms with Crippen LogP contribution >= 0.6 is 11.3 Å². The van der Waals surface area contributed by atoms with Crippen molar-refractivity contribution < 1.29 is 9.32 Å². The minimum absolute atomic E-state index is 0.0553. The standard InChI is InChI=1S/C25H32N4O2S/c1-19-10-7-8-14-29(19)25-21(23(26-31-25)20-11-5-4-6-12-20)18-28(16-15-27(2)3)24(30)22-13-9-17-32-22/h4-6,9,11-13,17,19H,7-8,10,14-16,18H2,1-3H3. The van der Waals surface area contributed by atoms with E-state index in [9.17, 15) is 4.79 Å². The van der Waals surface area contributed by atoms with Crippen LogP contribution in [-0.2, 0) is 6.54 Å². The topological polar surface area (TPSA) is 52.8 Å². The average Bonchev–Trinajstić information content (AvgIpc) is 3.47. The Bertz CT molecular complexity index is 1000. The van der Waals surface area contributed by atoms with Gasteiger partial charge in [0.2, 0.25) is 5.88 Å². The first-order valence-corrected chi connectivity index (χ1v) is 12.2. The Morgan fingerprint density at radius 1 is 1.16 bits per heavy atom. The van der Waals surface area contributed by atoms with Gasteiger partial charge in [-0.3, -0.25) is 4.79 Å². The second-order valence-corrected chi connectivity index (χ2v) is 9.67. The smallest absolute Gasteiger partial charge is 0.264 e. The number of thiophene rings is 1. The minimum atomic E-state index is 0.0553. The molecular formula is C25H32N4O2S. The molecule has 0 spiro atoms. The molecule has 1 fully saturated rings. The first kappa shape index (κ1) is 22.6. The summed E-state index contributed by atoms with van der Waals surface area (Å²) in [6.45, 7) is 5.09. The van der Waals surface area contributed by atoms with Gasteiger partial charge in [0, 0.05) is 31.2 Å². The van der Waals surface area contributed by atoms with Gasteiger partial charge >= 0.3 is 0 Å². The maximum atomic E-state index is 13.4. The van der Waals surface area contributed by atoms with Gasteiger partial charge in [0.25, 0.3) is 5.91 Å². The maximum absolute atomic E-state index is 13.4. The Balaban J connectivity index is 1.72. The van der Waals surface area contributed by atoms with Crippen molar-refractivity contribution in [3.05, 3.63) is 58.3 Å². The van der Waals surface area contributed by atoms with Gasteiger partial charge in [-0.15, -0.1) is 11.3 Å². The highest BCUT2D eigenvalue weighted by molar-refractivity contribution is 7.12. The highest BCUT2D eigenvalue weighted by Gasteiger charge is 2.30. The molecule has 3 heterocycles. The summed E-state index contributed by atoms with van der Waals surface area (Å²) in [5.74, 6) is 0.865. The van der Waals surface area contributed by atoms with Gasteiger partial charge in [-0.1, -0.05) is 41.6 Å². The van der Waals surface area contributed by atoms with Crippen molar-refractivity contribution in [3.8, 4) is 11.3 Å². The molecule has 1 aliphatic heterocycles. The van der Waals surface area contributed by atoms with Crippen molar-refractivity contribution in [2.45, 2.75) is 38.8 Å². The van der Waals surface area contributed by atoms with Crippen molar-refractivity contribution in [2.24, 2.45) is 0 Å². The lowest BCUT2D eigenvalue weighted by Crippen LogP contribution is -2.39. The number of aromatic nitrogens is 1. The Hall–Kier alpha value is -2.64. The molecule has 1 aliphatic rings. The third kappa shape index (κ3) is 5.05. The van der Waals surface area contributed by atoms with Crippen LogP contribution in [0.2, 0.25) is 0 Å². The van der Waals surface area contributed by atoms with Gasteiger partial charge in [-0.05, 0) is 51.7 Å².